The van der Waals surface area contributed by atoms with Crippen molar-refractivity contribution < 1.29 is 13.9 Å². The number of benzene rings is 1. The van der Waals surface area contributed by atoms with Crippen LogP contribution in [0.1, 0.15) is 0 Å². The van der Waals surface area contributed by atoms with Crippen LogP contribution in [0.25, 0.3) is 11.1 Å². The standard InChI is InChI=1S/C12H8O4/c13-12-6-9(3-4-14-12)8-1-2-10-11(5-8)16-7-15-10/h1-6H,7H2. The Hall–Kier alpha value is -2.23. The molecule has 0 N–H and O–H groups in total. The van der Waals surface area contributed by atoms with Crippen molar-refractivity contribution in [2.24, 2.45) is 0 Å². The lowest BCUT2D eigenvalue weighted by Crippen LogP contribution is -1.95. The fraction of sp³-hybridized carbons (Fsp3) is 0.0833. The molecule has 1 aliphatic heterocycles. The molecule has 0 bridgehead atoms. The van der Waals surface area contributed by atoms with Crippen LogP contribution in [0, 0.1) is 0 Å². The first-order chi connectivity index (χ1) is 7.83. The highest BCUT2D eigenvalue weighted by Gasteiger charge is 2.13. The van der Waals surface area contributed by atoms with Gasteiger partial charge in [0.1, 0.15) is 0 Å². The van der Waals surface area contributed by atoms with Crippen LogP contribution in [0.2, 0.25) is 0 Å². The van der Waals surface area contributed by atoms with Crippen LogP contribution in [0.4, 0.5) is 0 Å². The largest absolute Gasteiger partial charge is 0.454 e. The van der Waals surface area contributed by atoms with Gasteiger partial charge in [0, 0.05) is 6.07 Å². The van der Waals surface area contributed by atoms with Gasteiger partial charge in [-0.2, -0.15) is 0 Å². The van der Waals surface area contributed by atoms with Gasteiger partial charge in [0.05, 0.1) is 6.26 Å². The summed E-state index contributed by atoms with van der Waals surface area (Å²) < 4.78 is 15.1. The molecule has 0 aliphatic carbocycles. The van der Waals surface area contributed by atoms with E-state index in [1.165, 1.54) is 12.3 Å². The molecule has 4 nitrogen and oxygen atoms in total. The smallest absolute Gasteiger partial charge is 0.336 e. The Labute approximate surface area is 91.0 Å². The Bertz CT molecular complexity index is 586. The lowest BCUT2D eigenvalue weighted by atomic mass is 10.1. The van der Waals surface area contributed by atoms with E-state index in [-0.39, 0.29) is 12.4 Å². The van der Waals surface area contributed by atoms with Crippen molar-refractivity contribution in [3.05, 3.63) is 47.0 Å². The molecule has 0 atom stereocenters. The SMILES string of the molecule is O=c1cc(-c2ccc3c(c2)OCO3)cco1. The normalized spacial score (nSPS) is 12.8. The number of hydrogen-bond donors (Lipinski definition) is 0. The molecule has 0 saturated heterocycles. The molecular formula is C12H8O4. The molecule has 2 aromatic rings. The zero-order valence-electron chi connectivity index (χ0n) is 8.30. The molecule has 1 aliphatic rings. The van der Waals surface area contributed by atoms with Gasteiger partial charge in [-0.05, 0) is 29.3 Å². The van der Waals surface area contributed by atoms with Gasteiger partial charge in [-0.1, -0.05) is 6.07 Å². The average Bonchev–Trinajstić information content (AvgIpc) is 2.75. The summed E-state index contributed by atoms with van der Waals surface area (Å²) in [5.41, 5.74) is 1.34. The summed E-state index contributed by atoms with van der Waals surface area (Å²) in [7, 11) is 0. The van der Waals surface area contributed by atoms with E-state index < -0.39 is 0 Å². The Morgan fingerprint density at radius 1 is 0.938 bits per heavy atom. The Kier molecular flexibility index (Phi) is 1.93. The quantitative estimate of drug-likeness (QED) is 0.731. The summed E-state index contributed by atoms with van der Waals surface area (Å²) in [6.07, 6.45) is 1.38. The summed E-state index contributed by atoms with van der Waals surface area (Å²) in [5, 5.41) is 0. The number of hydrogen-bond acceptors (Lipinski definition) is 4. The van der Waals surface area contributed by atoms with E-state index in [9.17, 15) is 4.79 Å². The highest BCUT2D eigenvalue weighted by atomic mass is 16.7. The van der Waals surface area contributed by atoms with Crippen molar-refractivity contribution >= 4 is 0 Å². The molecule has 1 aromatic carbocycles. The summed E-state index contributed by atoms with van der Waals surface area (Å²) in [4.78, 5) is 11.1. The van der Waals surface area contributed by atoms with Crippen LogP contribution in [-0.4, -0.2) is 6.79 Å². The Balaban J connectivity index is 2.10. The maximum absolute atomic E-state index is 11.1. The van der Waals surface area contributed by atoms with Crippen LogP contribution in [-0.2, 0) is 0 Å². The van der Waals surface area contributed by atoms with E-state index >= 15 is 0 Å². The molecule has 4 heteroatoms. The van der Waals surface area contributed by atoms with Gasteiger partial charge >= 0.3 is 5.63 Å². The summed E-state index contributed by atoms with van der Waals surface area (Å²) in [5.74, 6) is 1.43. The van der Waals surface area contributed by atoms with E-state index in [0.717, 1.165) is 16.9 Å². The maximum atomic E-state index is 11.1. The van der Waals surface area contributed by atoms with Crippen molar-refractivity contribution in [1.82, 2.24) is 0 Å². The molecule has 0 unspecified atom stereocenters. The summed E-state index contributed by atoms with van der Waals surface area (Å²) in [6, 6.07) is 8.72. The van der Waals surface area contributed by atoms with Crippen LogP contribution < -0.4 is 15.1 Å². The second-order valence-electron chi connectivity index (χ2n) is 3.41. The molecule has 0 saturated carbocycles. The van der Waals surface area contributed by atoms with Gasteiger partial charge in [0.25, 0.3) is 0 Å². The van der Waals surface area contributed by atoms with Gasteiger partial charge in [0.15, 0.2) is 11.5 Å². The van der Waals surface area contributed by atoms with Crippen molar-refractivity contribution in [3.8, 4) is 22.6 Å². The van der Waals surface area contributed by atoms with Gasteiger partial charge in [-0.15, -0.1) is 0 Å². The first-order valence-corrected chi connectivity index (χ1v) is 4.82. The first-order valence-electron chi connectivity index (χ1n) is 4.82. The lowest BCUT2D eigenvalue weighted by Gasteiger charge is -2.01. The molecule has 3 rings (SSSR count). The van der Waals surface area contributed by atoms with E-state index in [2.05, 4.69) is 4.42 Å². The van der Waals surface area contributed by atoms with Crippen LogP contribution in [0.5, 0.6) is 11.5 Å². The molecule has 1 aromatic heterocycles. The number of fused-ring (bicyclic) bond motifs is 1. The molecule has 0 fully saturated rings. The van der Waals surface area contributed by atoms with Crippen molar-refractivity contribution in [1.29, 1.82) is 0 Å². The lowest BCUT2D eigenvalue weighted by molar-refractivity contribution is 0.174. The third-order valence-corrected chi connectivity index (χ3v) is 2.41. The Morgan fingerprint density at radius 3 is 2.62 bits per heavy atom. The van der Waals surface area contributed by atoms with E-state index in [1.807, 2.05) is 18.2 Å². The first kappa shape index (κ1) is 9.03. The highest BCUT2D eigenvalue weighted by Crippen LogP contribution is 2.35. The molecule has 0 spiro atoms. The minimum Gasteiger partial charge on any atom is -0.454 e. The zero-order valence-corrected chi connectivity index (χ0v) is 8.30. The summed E-state index contributed by atoms with van der Waals surface area (Å²) in [6.45, 7) is 0.246. The zero-order chi connectivity index (χ0) is 11.0. The topological polar surface area (TPSA) is 48.7 Å². The molecule has 0 amide bonds. The Morgan fingerprint density at radius 2 is 1.75 bits per heavy atom. The van der Waals surface area contributed by atoms with Gasteiger partial charge in [-0.25, -0.2) is 4.79 Å². The third-order valence-electron chi connectivity index (χ3n) is 2.41. The fourth-order valence-corrected chi connectivity index (χ4v) is 1.64. The van der Waals surface area contributed by atoms with Crippen LogP contribution >= 0.6 is 0 Å². The van der Waals surface area contributed by atoms with Crippen LogP contribution in [0.15, 0.2) is 45.8 Å². The van der Waals surface area contributed by atoms with Gasteiger partial charge in [0.2, 0.25) is 6.79 Å². The fourth-order valence-electron chi connectivity index (χ4n) is 1.64. The minimum absolute atomic E-state index is 0.246. The molecule has 80 valence electrons. The van der Waals surface area contributed by atoms with Gasteiger partial charge < -0.3 is 13.9 Å². The monoisotopic (exact) mass is 216 g/mol. The summed E-state index contributed by atoms with van der Waals surface area (Å²) >= 11 is 0. The van der Waals surface area contributed by atoms with E-state index in [0.29, 0.717) is 5.75 Å². The maximum Gasteiger partial charge on any atom is 0.336 e. The van der Waals surface area contributed by atoms with Crippen molar-refractivity contribution in [2.45, 2.75) is 0 Å². The number of ether oxygens (including phenoxy) is 2. The molecular weight excluding hydrogens is 208 g/mol. The van der Waals surface area contributed by atoms with E-state index in [4.69, 9.17) is 9.47 Å². The molecule has 16 heavy (non-hydrogen) atoms. The molecule has 2 heterocycles. The third kappa shape index (κ3) is 1.44. The highest BCUT2D eigenvalue weighted by molar-refractivity contribution is 5.66. The predicted octanol–water partition coefficient (Wildman–Crippen LogP) is 2.04. The second-order valence-corrected chi connectivity index (χ2v) is 3.41. The number of rotatable bonds is 1. The molecule has 0 radical (unpaired) electrons. The van der Waals surface area contributed by atoms with Crippen molar-refractivity contribution in [3.63, 3.8) is 0 Å². The van der Waals surface area contributed by atoms with E-state index in [1.54, 1.807) is 6.07 Å². The van der Waals surface area contributed by atoms with Gasteiger partial charge in [-0.3, -0.25) is 0 Å². The second kappa shape index (κ2) is 3.41. The van der Waals surface area contributed by atoms with Crippen LogP contribution in [0.3, 0.4) is 0 Å². The minimum atomic E-state index is -0.366. The average molecular weight is 216 g/mol. The predicted molar refractivity (Wildman–Crippen MR) is 56.5 cm³/mol. The van der Waals surface area contributed by atoms with Crippen molar-refractivity contribution in [2.75, 3.05) is 6.79 Å².